The normalized spacial score (nSPS) is 8.43. The molecule has 4 nitrogen and oxygen atoms in total. The van der Waals surface area contributed by atoms with Crippen LogP contribution in [-0.4, -0.2) is 66.1 Å². The van der Waals surface area contributed by atoms with Gasteiger partial charge in [-0.15, -0.1) is 0 Å². The molecule has 38 valence electrons. The van der Waals surface area contributed by atoms with Crippen molar-refractivity contribution >= 4 is 59.2 Å². The monoisotopic (exact) mass is 186 g/mol. The average molecular weight is 186 g/mol. The second-order valence-corrected chi connectivity index (χ2v) is 1.54. The molecule has 0 bridgehead atoms. The van der Waals surface area contributed by atoms with E-state index in [2.05, 4.69) is 0 Å². The molecule has 0 aliphatic carbocycles. The standard InChI is InChI=1S/K.H3O4P.Ti.H/c;1-5(2,3)4;;/h;(H3,1,2,3,4);;. The van der Waals surface area contributed by atoms with E-state index in [1.165, 1.54) is 0 Å². The molecule has 3 N–H and O–H groups in total. The summed E-state index contributed by atoms with van der Waals surface area (Å²) >= 11 is 0. The summed E-state index contributed by atoms with van der Waals surface area (Å²) in [6.07, 6.45) is 0. The molecule has 0 spiro atoms. The minimum absolute atomic E-state index is 0. The molecule has 0 aliphatic rings. The Morgan fingerprint density at radius 1 is 1.14 bits per heavy atom. The van der Waals surface area contributed by atoms with Gasteiger partial charge in [0.1, 0.15) is 0 Å². The van der Waals surface area contributed by atoms with Crippen LogP contribution in [0.1, 0.15) is 0 Å². The maximum Gasteiger partial charge on any atom is 0 e. The van der Waals surface area contributed by atoms with E-state index in [1.54, 1.807) is 0 Å². The topological polar surface area (TPSA) is 77.8 Å². The third kappa shape index (κ3) is 58.3. The molecule has 0 saturated heterocycles. The largest absolute Gasteiger partial charge is 0 e. The average Bonchev–Trinajstić information content (AvgIpc) is 0.722. The van der Waals surface area contributed by atoms with Crippen molar-refractivity contribution in [2.45, 2.75) is 0 Å². The Kier molecular flexibility index (Phi) is 15.2. The van der Waals surface area contributed by atoms with Crippen molar-refractivity contribution < 1.29 is 41.0 Å². The Morgan fingerprint density at radius 2 is 1.14 bits per heavy atom. The summed E-state index contributed by atoms with van der Waals surface area (Å²) in [4.78, 5) is 21.6. The van der Waals surface area contributed by atoms with Gasteiger partial charge in [0.05, 0.1) is 0 Å². The van der Waals surface area contributed by atoms with Crippen molar-refractivity contribution in [1.82, 2.24) is 0 Å². The molecule has 0 atom stereocenters. The van der Waals surface area contributed by atoms with Crippen molar-refractivity contribution in [3.05, 3.63) is 0 Å². The van der Waals surface area contributed by atoms with Crippen LogP contribution < -0.4 is 0 Å². The molecule has 0 saturated carbocycles. The Morgan fingerprint density at radius 3 is 1.14 bits per heavy atom. The molecular formula is H4KO4PTi. The maximum atomic E-state index is 8.88. The molecule has 7 heteroatoms. The summed E-state index contributed by atoms with van der Waals surface area (Å²) in [6.45, 7) is 0. The first-order valence-electron chi connectivity index (χ1n) is 0.783. The van der Waals surface area contributed by atoms with Crippen LogP contribution in [0.2, 0.25) is 0 Å². The van der Waals surface area contributed by atoms with Crippen molar-refractivity contribution in [3.63, 3.8) is 0 Å². The summed E-state index contributed by atoms with van der Waals surface area (Å²) in [5, 5.41) is 0. The van der Waals surface area contributed by atoms with E-state index in [-0.39, 0.29) is 73.1 Å². The quantitative estimate of drug-likeness (QED) is 0.315. The Hall–Kier alpha value is 2.46. The Bertz CT molecular complexity index is 57.8. The summed E-state index contributed by atoms with van der Waals surface area (Å²) in [6, 6.07) is 0. The summed E-state index contributed by atoms with van der Waals surface area (Å²) < 4.78 is 8.88. The van der Waals surface area contributed by atoms with Gasteiger partial charge in [0.2, 0.25) is 0 Å². The van der Waals surface area contributed by atoms with Crippen LogP contribution in [-0.2, 0) is 26.3 Å². The number of hydrogen-bond donors (Lipinski definition) is 3. The van der Waals surface area contributed by atoms with E-state index in [1.807, 2.05) is 0 Å². The molecule has 0 radical (unpaired) electrons. The zero-order chi connectivity index (χ0) is 4.50. The minimum Gasteiger partial charge on any atom is 0 e. The fourth-order valence-electron chi connectivity index (χ4n) is 0. The van der Waals surface area contributed by atoms with E-state index in [0.29, 0.717) is 0 Å². The van der Waals surface area contributed by atoms with E-state index >= 15 is 0 Å². The second kappa shape index (κ2) is 6.58. The summed E-state index contributed by atoms with van der Waals surface area (Å²) in [7, 11) is -4.64. The third-order valence-electron chi connectivity index (χ3n) is 0. The molecule has 0 fully saturated rings. The van der Waals surface area contributed by atoms with E-state index in [9.17, 15) is 0 Å². The first-order chi connectivity index (χ1) is 2.00. The van der Waals surface area contributed by atoms with Crippen LogP contribution in [0, 0.1) is 0 Å². The van der Waals surface area contributed by atoms with E-state index < -0.39 is 7.82 Å². The number of phosphoric acid groups is 1. The first kappa shape index (κ1) is 16.2. The molecule has 0 rings (SSSR count). The van der Waals surface area contributed by atoms with Crippen molar-refractivity contribution in [3.8, 4) is 0 Å². The van der Waals surface area contributed by atoms with Crippen molar-refractivity contribution in [2.24, 2.45) is 0 Å². The third-order valence-corrected chi connectivity index (χ3v) is 0. The van der Waals surface area contributed by atoms with Crippen LogP contribution >= 0.6 is 7.82 Å². The predicted octanol–water partition coefficient (Wildman–Crippen LogP) is -1.58. The van der Waals surface area contributed by atoms with Gasteiger partial charge in [0.15, 0.2) is 0 Å². The van der Waals surface area contributed by atoms with Crippen LogP contribution in [0.5, 0.6) is 0 Å². The fourth-order valence-corrected chi connectivity index (χ4v) is 0. The van der Waals surface area contributed by atoms with Gasteiger partial charge in [-0.2, -0.15) is 0 Å². The van der Waals surface area contributed by atoms with Crippen LogP contribution in [0.3, 0.4) is 0 Å². The Labute approximate surface area is 98.2 Å². The molecule has 0 aliphatic heterocycles. The fraction of sp³-hybridized carbons (Fsp3) is 0. The van der Waals surface area contributed by atoms with Crippen molar-refractivity contribution in [2.75, 3.05) is 0 Å². The van der Waals surface area contributed by atoms with E-state index in [4.69, 9.17) is 19.2 Å². The van der Waals surface area contributed by atoms with Gasteiger partial charge in [0, 0.05) is 21.7 Å². The predicted molar refractivity (Wildman–Crippen MR) is 21.4 cm³/mol. The van der Waals surface area contributed by atoms with Crippen LogP contribution in [0.15, 0.2) is 0 Å². The molecule has 0 aromatic carbocycles. The van der Waals surface area contributed by atoms with Gasteiger partial charge in [-0.25, -0.2) is 4.57 Å². The summed E-state index contributed by atoms with van der Waals surface area (Å²) in [5.41, 5.74) is 0. The van der Waals surface area contributed by atoms with Gasteiger partial charge in [0.25, 0.3) is 0 Å². The number of hydrogen-bond acceptors (Lipinski definition) is 1. The number of rotatable bonds is 0. The minimum atomic E-state index is -4.64. The van der Waals surface area contributed by atoms with Gasteiger partial charge in [-0.1, -0.05) is 0 Å². The van der Waals surface area contributed by atoms with Crippen LogP contribution in [0.4, 0.5) is 0 Å². The molecular weight excluding hydrogens is 182 g/mol. The molecule has 0 aromatic heterocycles. The molecule has 0 heterocycles. The molecule has 0 amide bonds. The van der Waals surface area contributed by atoms with Gasteiger partial charge in [-0.3, -0.25) is 0 Å². The van der Waals surface area contributed by atoms with Crippen molar-refractivity contribution in [1.29, 1.82) is 0 Å². The second-order valence-electron chi connectivity index (χ2n) is 0.513. The SMILES string of the molecule is O=P(O)(O)O.[KH].[Ti]. The van der Waals surface area contributed by atoms with Gasteiger partial charge in [-0.05, 0) is 0 Å². The smallest absolute Gasteiger partial charge is 0 e. The van der Waals surface area contributed by atoms with E-state index in [0.717, 1.165) is 0 Å². The molecule has 0 unspecified atom stereocenters. The van der Waals surface area contributed by atoms with Gasteiger partial charge < -0.3 is 14.7 Å². The maximum absolute atomic E-state index is 8.88. The first-order valence-corrected chi connectivity index (χ1v) is 2.35. The molecule has 7 heavy (non-hydrogen) atoms. The van der Waals surface area contributed by atoms with Gasteiger partial charge >= 0.3 is 59.2 Å². The summed E-state index contributed by atoms with van der Waals surface area (Å²) in [5.74, 6) is 0. The van der Waals surface area contributed by atoms with Crippen LogP contribution in [0.25, 0.3) is 0 Å². The Balaban J connectivity index is -0.0000000800. The zero-order valence-electron chi connectivity index (χ0n) is 2.70. The zero-order valence-corrected chi connectivity index (χ0v) is 5.15. The molecule has 0 aromatic rings.